The number of halogens is 1. The van der Waals surface area contributed by atoms with Crippen LogP contribution in [0.1, 0.15) is 30.9 Å². The Hall–Kier alpha value is -3.19. The van der Waals surface area contributed by atoms with E-state index in [9.17, 15) is 14.9 Å². The van der Waals surface area contributed by atoms with Crippen LogP contribution in [0, 0.1) is 10.1 Å². The van der Waals surface area contributed by atoms with Crippen molar-refractivity contribution in [1.82, 2.24) is 0 Å². The Morgan fingerprint density at radius 3 is 2.64 bits per heavy atom. The average molecular weight is 401 g/mol. The van der Waals surface area contributed by atoms with Gasteiger partial charge in [0.25, 0.3) is 5.69 Å². The second-order valence-electron chi connectivity index (χ2n) is 6.03. The second-order valence-corrected chi connectivity index (χ2v) is 6.44. The summed E-state index contributed by atoms with van der Waals surface area (Å²) in [6, 6.07) is 11.1. The number of ether oxygens (including phenoxy) is 2. The van der Waals surface area contributed by atoms with Gasteiger partial charge in [0, 0.05) is 12.1 Å². The number of hydrogen-bond acceptors (Lipinski definition) is 6. The second kappa shape index (κ2) is 8.67. The Balaban J connectivity index is 1.79. The summed E-state index contributed by atoms with van der Waals surface area (Å²) >= 11 is 6.07. The Bertz CT molecular complexity index is 967. The SMILES string of the molecule is CCCCOc1ccc(/C=C2\N=C(c3ccc([N+](=O)[O-])cc3Cl)OC2=O)cc1. The molecule has 1 heterocycles. The number of hydrogen-bond donors (Lipinski definition) is 0. The van der Waals surface area contributed by atoms with Crippen molar-refractivity contribution in [2.45, 2.75) is 19.8 Å². The predicted molar refractivity (Wildman–Crippen MR) is 106 cm³/mol. The summed E-state index contributed by atoms with van der Waals surface area (Å²) in [7, 11) is 0. The molecule has 0 atom stereocenters. The van der Waals surface area contributed by atoms with Gasteiger partial charge in [-0.05, 0) is 36.3 Å². The molecule has 0 saturated heterocycles. The predicted octanol–water partition coefficient (Wildman–Crippen LogP) is 4.77. The zero-order valence-corrected chi connectivity index (χ0v) is 15.8. The van der Waals surface area contributed by atoms with Crippen LogP contribution in [0.4, 0.5) is 5.69 Å². The van der Waals surface area contributed by atoms with E-state index in [1.165, 1.54) is 18.2 Å². The van der Waals surface area contributed by atoms with Crippen LogP contribution < -0.4 is 4.74 Å². The van der Waals surface area contributed by atoms with Gasteiger partial charge in [-0.1, -0.05) is 37.1 Å². The van der Waals surface area contributed by atoms with Crippen molar-refractivity contribution >= 4 is 35.2 Å². The van der Waals surface area contributed by atoms with Crippen molar-refractivity contribution in [2.24, 2.45) is 4.99 Å². The number of nitro groups is 1. The van der Waals surface area contributed by atoms with Crippen molar-refractivity contribution in [1.29, 1.82) is 0 Å². The minimum absolute atomic E-state index is 0.00988. The lowest BCUT2D eigenvalue weighted by molar-refractivity contribution is -0.384. The molecule has 1 aliphatic rings. The van der Waals surface area contributed by atoms with Gasteiger partial charge in [0.1, 0.15) is 5.75 Å². The molecule has 2 aromatic carbocycles. The van der Waals surface area contributed by atoms with Gasteiger partial charge in [-0.2, -0.15) is 0 Å². The molecule has 0 aliphatic carbocycles. The molecule has 7 nitrogen and oxygen atoms in total. The van der Waals surface area contributed by atoms with E-state index in [2.05, 4.69) is 11.9 Å². The maximum atomic E-state index is 12.1. The summed E-state index contributed by atoms with van der Waals surface area (Å²) < 4.78 is 10.8. The fraction of sp³-hybridized carbons (Fsp3) is 0.200. The number of esters is 1. The fourth-order valence-corrected chi connectivity index (χ4v) is 2.72. The highest BCUT2D eigenvalue weighted by atomic mass is 35.5. The zero-order valence-electron chi connectivity index (χ0n) is 15.1. The number of non-ortho nitro benzene ring substituents is 1. The maximum absolute atomic E-state index is 12.1. The summed E-state index contributed by atoms with van der Waals surface area (Å²) in [5.41, 5.74) is 1.03. The number of cyclic esters (lactones) is 1. The first-order valence-corrected chi connectivity index (χ1v) is 9.05. The minimum Gasteiger partial charge on any atom is -0.494 e. The van der Waals surface area contributed by atoms with Crippen LogP contribution in [-0.2, 0) is 9.53 Å². The lowest BCUT2D eigenvalue weighted by atomic mass is 10.2. The number of aliphatic imine (C=N–C) groups is 1. The summed E-state index contributed by atoms with van der Waals surface area (Å²) in [6.07, 6.45) is 3.64. The van der Waals surface area contributed by atoms with Crippen molar-refractivity contribution in [3.63, 3.8) is 0 Å². The third-order valence-corrected chi connectivity index (χ3v) is 4.28. The van der Waals surface area contributed by atoms with E-state index in [0.717, 1.165) is 24.2 Å². The van der Waals surface area contributed by atoms with Crippen LogP contribution in [0.15, 0.2) is 53.2 Å². The Labute approximate surface area is 166 Å². The number of carbonyl (C=O) groups excluding carboxylic acids is 1. The molecule has 0 amide bonds. The smallest absolute Gasteiger partial charge is 0.363 e. The molecule has 2 aromatic rings. The van der Waals surface area contributed by atoms with E-state index in [1.807, 2.05) is 24.3 Å². The Morgan fingerprint density at radius 1 is 1.25 bits per heavy atom. The topological polar surface area (TPSA) is 91.0 Å². The molecule has 0 aromatic heterocycles. The van der Waals surface area contributed by atoms with Crippen LogP contribution >= 0.6 is 11.6 Å². The summed E-state index contributed by atoms with van der Waals surface area (Å²) in [5.74, 6) is 0.148. The summed E-state index contributed by atoms with van der Waals surface area (Å²) in [5, 5.41) is 10.9. The number of rotatable bonds is 7. The van der Waals surface area contributed by atoms with Crippen molar-refractivity contribution in [3.05, 3.63) is 74.4 Å². The first-order chi connectivity index (χ1) is 13.5. The molecule has 3 rings (SSSR count). The molecular formula is C20H17ClN2O5. The van der Waals surface area contributed by atoms with Gasteiger partial charge >= 0.3 is 5.97 Å². The highest BCUT2D eigenvalue weighted by Crippen LogP contribution is 2.27. The molecule has 0 spiro atoms. The molecule has 28 heavy (non-hydrogen) atoms. The van der Waals surface area contributed by atoms with Gasteiger partial charge in [0.15, 0.2) is 5.70 Å². The van der Waals surface area contributed by atoms with Gasteiger partial charge < -0.3 is 9.47 Å². The van der Waals surface area contributed by atoms with Gasteiger partial charge in [0.2, 0.25) is 5.90 Å². The normalized spacial score (nSPS) is 14.7. The third kappa shape index (κ3) is 4.55. The van der Waals surface area contributed by atoms with E-state index in [-0.39, 0.29) is 22.3 Å². The number of carbonyl (C=O) groups is 1. The molecule has 1 aliphatic heterocycles. The van der Waals surface area contributed by atoms with E-state index in [0.29, 0.717) is 12.2 Å². The Morgan fingerprint density at radius 2 is 2.00 bits per heavy atom. The standard InChI is InChI=1S/C20H17ClN2O5/c1-2-3-10-27-15-7-4-13(5-8-15)11-18-20(24)28-19(22-18)16-9-6-14(23(25)26)12-17(16)21/h4-9,11-12H,2-3,10H2,1H3/b18-11-. The van der Waals surface area contributed by atoms with Crippen molar-refractivity contribution in [2.75, 3.05) is 6.61 Å². The van der Waals surface area contributed by atoms with Gasteiger partial charge in [0.05, 0.1) is 22.1 Å². The van der Waals surface area contributed by atoms with E-state index < -0.39 is 10.9 Å². The molecule has 0 N–H and O–H groups in total. The molecule has 144 valence electrons. The first-order valence-electron chi connectivity index (χ1n) is 8.67. The molecule has 0 radical (unpaired) electrons. The van der Waals surface area contributed by atoms with E-state index >= 15 is 0 Å². The largest absolute Gasteiger partial charge is 0.494 e. The maximum Gasteiger partial charge on any atom is 0.363 e. The van der Waals surface area contributed by atoms with Gasteiger partial charge in [-0.25, -0.2) is 9.79 Å². The van der Waals surface area contributed by atoms with Crippen LogP contribution in [0.25, 0.3) is 6.08 Å². The van der Waals surface area contributed by atoms with Crippen molar-refractivity contribution in [3.8, 4) is 5.75 Å². The van der Waals surface area contributed by atoms with Crippen LogP contribution in [0.3, 0.4) is 0 Å². The number of unbranched alkanes of at least 4 members (excludes halogenated alkanes) is 1. The monoisotopic (exact) mass is 400 g/mol. The van der Waals surface area contributed by atoms with Gasteiger partial charge in [-0.15, -0.1) is 0 Å². The number of benzene rings is 2. The molecule has 0 saturated carbocycles. The van der Waals surface area contributed by atoms with Crippen LogP contribution in [0.5, 0.6) is 5.75 Å². The van der Waals surface area contributed by atoms with Crippen LogP contribution in [0.2, 0.25) is 5.02 Å². The lowest BCUT2D eigenvalue weighted by Gasteiger charge is -2.05. The van der Waals surface area contributed by atoms with E-state index in [4.69, 9.17) is 21.1 Å². The molecule has 0 fully saturated rings. The first kappa shape index (κ1) is 19.6. The molecule has 0 unspecified atom stereocenters. The van der Waals surface area contributed by atoms with Crippen molar-refractivity contribution < 1.29 is 19.2 Å². The fourth-order valence-electron chi connectivity index (χ4n) is 2.47. The number of nitro benzene ring substituents is 1. The van der Waals surface area contributed by atoms with Crippen LogP contribution in [-0.4, -0.2) is 23.4 Å². The molecular weight excluding hydrogens is 384 g/mol. The zero-order chi connectivity index (χ0) is 20.1. The summed E-state index contributed by atoms with van der Waals surface area (Å²) in [6.45, 7) is 2.75. The summed E-state index contributed by atoms with van der Waals surface area (Å²) in [4.78, 5) is 26.5. The average Bonchev–Trinajstić information content (AvgIpc) is 3.03. The number of nitrogens with zero attached hydrogens (tertiary/aromatic N) is 2. The van der Waals surface area contributed by atoms with Gasteiger partial charge in [-0.3, -0.25) is 10.1 Å². The molecule has 0 bridgehead atoms. The highest BCUT2D eigenvalue weighted by Gasteiger charge is 2.26. The minimum atomic E-state index is -0.618. The lowest BCUT2D eigenvalue weighted by Crippen LogP contribution is -2.06. The highest BCUT2D eigenvalue weighted by molar-refractivity contribution is 6.34. The van der Waals surface area contributed by atoms with E-state index in [1.54, 1.807) is 6.08 Å². The quantitative estimate of drug-likeness (QED) is 0.219. The molecule has 8 heteroatoms. The third-order valence-electron chi connectivity index (χ3n) is 3.96. The Kier molecular flexibility index (Phi) is 6.06.